The number of benzene rings is 2. The maximum Gasteiger partial charge on any atom is 0.123 e. The molecule has 0 aliphatic carbocycles. The van der Waals surface area contributed by atoms with Gasteiger partial charge < -0.3 is 20.3 Å². The highest BCUT2D eigenvalue weighted by Gasteiger charge is 2.10. The summed E-state index contributed by atoms with van der Waals surface area (Å²) in [6.07, 6.45) is 0.936. The fourth-order valence-corrected chi connectivity index (χ4v) is 2.27. The van der Waals surface area contributed by atoms with Crippen molar-refractivity contribution in [2.24, 2.45) is 0 Å². The first-order valence-corrected chi connectivity index (χ1v) is 7.02. The van der Waals surface area contributed by atoms with E-state index in [1.165, 1.54) is 11.6 Å². The number of methoxy groups -OCH3 is 1. The molecule has 0 radical (unpaired) electrons. The standard InChI is InChI=1S/C17H21NO3/c1-3-16(12-5-8-15(21-2)9-6-12)18-11-13-4-7-14(19)10-17(13)20/h4-10,16,18-20H,3,11H2,1-2H3. The molecule has 0 heterocycles. The third kappa shape index (κ3) is 3.89. The summed E-state index contributed by atoms with van der Waals surface area (Å²) < 4.78 is 5.16. The molecule has 0 aliphatic heterocycles. The molecule has 0 bridgehead atoms. The third-order valence-corrected chi connectivity index (χ3v) is 3.53. The van der Waals surface area contributed by atoms with E-state index in [0.29, 0.717) is 6.54 Å². The number of hydrogen-bond acceptors (Lipinski definition) is 4. The van der Waals surface area contributed by atoms with Crippen LogP contribution in [0.25, 0.3) is 0 Å². The van der Waals surface area contributed by atoms with Crippen LogP contribution in [0, 0.1) is 0 Å². The molecule has 1 unspecified atom stereocenters. The van der Waals surface area contributed by atoms with E-state index in [1.807, 2.05) is 24.3 Å². The van der Waals surface area contributed by atoms with Gasteiger partial charge in [-0.3, -0.25) is 0 Å². The molecule has 0 aliphatic rings. The SMILES string of the molecule is CCC(NCc1ccc(O)cc1O)c1ccc(OC)cc1. The molecule has 2 aromatic rings. The smallest absolute Gasteiger partial charge is 0.123 e. The lowest BCUT2D eigenvalue weighted by molar-refractivity contribution is 0.414. The van der Waals surface area contributed by atoms with Crippen LogP contribution in [0.2, 0.25) is 0 Å². The summed E-state index contributed by atoms with van der Waals surface area (Å²) in [5, 5.41) is 22.5. The fraction of sp³-hybridized carbons (Fsp3) is 0.294. The number of nitrogens with one attached hydrogen (secondary N) is 1. The number of rotatable bonds is 6. The zero-order valence-electron chi connectivity index (χ0n) is 12.3. The second-order valence-electron chi connectivity index (χ2n) is 4.93. The van der Waals surface area contributed by atoms with Crippen LogP contribution in [-0.4, -0.2) is 17.3 Å². The second-order valence-corrected chi connectivity index (χ2v) is 4.93. The molecule has 4 heteroatoms. The topological polar surface area (TPSA) is 61.7 Å². The van der Waals surface area contributed by atoms with Gasteiger partial charge in [-0.05, 0) is 30.2 Å². The van der Waals surface area contributed by atoms with Gasteiger partial charge in [0.2, 0.25) is 0 Å². The molecule has 4 nitrogen and oxygen atoms in total. The van der Waals surface area contributed by atoms with Crippen molar-refractivity contribution in [1.29, 1.82) is 0 Å². The maximum absolute atomic E-state index is 9.80. The summed E-state index contributed by atoms with van der Waals surface area (Å²) in [5.74, 6) is 1.01. The number of ether oxygens (including phenoxy) is 1. The van der Waals surface area contributed by atoms with Gasteiger partial charge in [-0.15, -0.1) is 0 Å². The van der Waals surface area contributed by atoms with Gasteiger partial charge in [0.05, 0.1) is 7.11 Å². The molecule has 1 atom stereocenters. The lowest BCUT2D eigenvalue weighted by Gasteiger charge is -2.18. The Balaban J connectivity index is 2.04. The predicted octanol–water partition coefficient (Wildman–Crippen LogP) is 3.35. The van der Waals surface area contributed by atoms with E-state index in [0.717, 1.165) is 17.7 Å². The van der Waals surface area contributed by atoms with Gasteiger partial charge in [0, 0.05) is 24.2 Å². The molecule has 0 aromatic heterocycles. The summed E-state index contributed by atoms with van der Waals surface area (Å²) in [7, 11) is 1.65. The normalized spacial score (nSPS) is 12.1. The largest absolute Gasteiger partial charge is 0.508 e. The van der Waals surface area contributed by atoms with E-state index < -0.39 is 0 Å². The van der Waals surface area contributed by atoms with E-state index >= 15 is 0 Å². The highest BCUT2D eigenvalue weighted by Crippen LogP contribution is 2.24. The van der Waals surface area contributed by atoms with E-state index in [9.17, 15) is 10.2 Å². The Hall–Kier alpha value is -2.20. The first-order valence-electron chi connectivity index (χ1n) is 7.02. The molecule has 2 rings (SSSR count). The monoisotopic (exact) mass is 287 g/mol. The van der Waals surface area contributed by atoms with E-state index in [1.54, 1.807) is 19.2 Å². The fourth-order valence-electron chi connectivity index (χ4n) is 2.27. The second kappa shape index (κ2) is 6.99. The summed E-state index contributed by atoms with van der Waals surface area (Å²) in [6, 6.07) is 12.8. The molecule has 0 saturated heterocycles. The zero-order chi connectivity index (χ0) is 15.2. The molecular weight excluding hydrogens is 266 g/mol. The molecule has 0 spiro atoms. The van der Waals surface area contributed by atoms with Crippen molar-refractivity contribution >= 4 is 0 Å². The molecule has 112 valence electrons. The lowest BCUT2D eigenvalue weighted by atomic mass is 10.0. The van der Waals surface area contributed by atoms with Gasteiger partial charge >= 0.3 is 0 Å². The van der Waals surface area contributed by atoms with Crippen molar-refractivity contribution in [2.45, 2.75) is 25.9 Å². The lowest BCUT2D eigenvalue weighted by Crippen LogP contribution is -2.20. The number of phenolic OH excluding ortho intramolecular Hbond substituents is 2. The number of phenols is 2. The Morgan fingerprint density at radius 2 is 1.81 bits per heavy atom. The summed E-state index contributed by atoms with van der Waals surface area (Å²) in [4.78, 5) is 0. The van der Waals surface area contributed by atoms with Gasteiger partial charge in [-0.25, -0.2) is 0 Å². The van der Waals surface area contributed by atoms with Crippen LogP contribution < -0.4 is 10.1 Å². The van der Waals surface area contributed by atoms with Crippen molar-refractivity contribution in [3.05, 3.63) is 53.6 Å². The van der Waals surface area contributed by atoms with Crippen LogP contribution in [0.3, 0.4) is 0 Å². The third-order valence-electron chi connectivity index (χ3n) is 3.53. The van der Waals surface area contributed by atoms with Crippen LogP contribution in [-0.2, 0) is 6.54 Å². The van der Waals surface area contributed by atoms with Gasteiger partial charge in [0.15, 0.2) is 0 Å². The molecule has 0 amide bonds. The minimum atomic E-state index is 0.0680. The average Bonchev–Trinajstić information content (AvgIpc) is 2.50. The summed E-state index contributed by atoms with van der Waals surface area (Å²) >= 11 is 0. The van der Waals surface area contributed by atoms with Gasteiger partial charge in [0.25, 0.3) is 0 Å². The van der Waals surface area contributed by atoms with Crippen molar-refractivity contribution in [1.82, 2.24) is 5.32 Å². The summed E-state index contributed by atoms with van der Waals surface area (Å²) in [5.41, 5.74) is 1.94. The number of aromatic hydroxyl groups is 2. The van der Waals surface area contributed by atoms with E-state index in [-0.39, 0.29) is 17.5 Å². The molecule has 21 heavy (non-hydrogen) atoms. The van der Waals surface area contributed by atoms with Crippen LogP contribution >= 0.6 is 0 Å². The molecule has 3 N–H and O–H groups in total. The number of hydrogen-bond donors (Lipinski definition) is 3. The summed E-state index contributed by atoms with van der Waals surface area (Å²) in [6.45, 7) is 2.65. The molecule has 0 saturated carbocycles. The van der Waals surface area contributed by atoms with Crippen LogP contribution in [0.5, 0.6) is 17.2 Å². The molecule has 2 aromatic carbocycles. The van der Waals surface area contributed by atoms with Crippen molar-refractivity contribution in [3.8, 4) is 17.2 Å². The molecule has 0 fully saturated rings. The van der Waals surface area contributed by atoms with Crippen LogP contribution in [0.4, 0.5) is 0 Å². The Labute approximate surface area is 125 Å². The van der Waals surface area contributed by atoms with Gasteiger partial charge in [0.1, 0.15) is 17.2 Å². The van der Waals surface area contributed by atoms with E-state index in [2.05, 4.69) is 12.2 Å². The Kier molecular flexibility index (Phi) is 5.06. The minimum absolute atomic E-state index is 0.0680. The highest BCUT2D eigenvalue weighted by atomic mass is 16.5. The van der Waals surface area contributed by atoms with Crippen LogP contribution in [0.15, 0.2) is 42.5 Å². The van der Waals surface area contributed by atoms with Crippen molar-refractivity contribution in [2.75, 3.05) is 7.11 Å². The first-order chi connectivity index (χ1) is 10.1. The maximum atomic E-state index is 9.80. The van der Waals surface area contributed by atoms with Crippen LogP contribution in [0.1, 0.15) is 30.5 Å². The Morgan fingerprint density at radius 1 is 1.10 bits per heavy atom. The van der Waals surface area contributed by atoms with Gasteiger partial charge in [-0.2, -0.15) is 0 Å². The Morgan fingerprint density at radius 3 is 2.38 bits per heavy atom. The molecular formula is C17H21NO3. The van der Waals surface area contributed by atoms with E-state index in [4.69, 9.17) is 4.74 Å². The average molecular weight is 287 g/mol. The quantitative estimate of drug-likeness (QED) is 0.762. The Bertz CT molecular complexity index is 581. The van der Waals surface area contributed by atoms with Gasteiger partial charge in [-0.1, -0.05) is 25.1 Å². The first kappa shape index (κ1) is 15.2. The predicted molar refractivity (Wildman–Crippen MR) is 82.6 cm³/mol. The van der Waals surface area contributed by atoms with Crippen molar-refractivity contribution in [3.63, 3.8) is 0 Å². The minimum Gasteiger partial charge on any atom is -0.508 e. The zero-order valence-corrected chi connectivity index (χ0v) is 12.3. The highest BCUT2D eigenvalue weighted by molar-refractivity contribution is 5.39. The van der Waals surface area contributed by atoms with Crippen molar-refractivity contribution < 1.29 is 14.9 Å².